The molecule has 0 bridgehead atoms. The standard InChI is InChI=1S/C22H23N3OS/c26-21(23-17-10-4-5-11-17)15-27-22-18-12-6-7-13-19(18)24-20(25-22)14-16-8-2-1-3-9-16/h1-3,6-9,12-13,17H,4-5,10-11,14-15H2,(H,23,26). The Morgan fingerprint density at radius 1 is 1.00 bits per heavy atom. The fourth-order valence-corrected chi connectivity index (χ4v) is 4.38. The van der Waals surface area contributed by atoms with Gasteiger partial charge in [0.15, 0.2) is 0 Å². The number of benzene rings is 2. The van der Waals surface area contributed by atoms with Gasteiger partial charge in [0.2, 0.25) is 5.91 Å². The van der Waals surface area contributed by atoms with Crippen molar-refractivity contribution in [2.24, 2.45) is 0 Å². The van der Waals surface area contributed by atoms with E-state index in [1.807, 2.05) is 42.5 Å². The molecule has 138 valence electrons. The maximum absolute atomic E-state index is 12.3. The monoisotopic (exact) mass is 377 g/mol. The number of carbonyl (C=O) groups is 1. The molecular weight excluding hydrogens is 354 g/mol. The minimum absolute atomic E-state index is 0.0965. The summed E-state index contributed by atoms with van der Waals surface area (Å²) >= 11 is 1.50. The number of hydrogen-bond acceptors (Lipinski definition) is 4. The van der Waals surface area contributed by atoms with Crippen molar-refractivity contribution in [3.8, 4) is 0 Å². The Labute approximate surface area is 163 Å². The molecule has 4 nitrogen and oxygen atoms in total. The van der Waals surface area contributed by atoms with Gasteiger partial charge in [-0.1, -0.05) is 73.1 Å². The van der Waals surface area contributed by atoms with Crippen LogP contribution >= 0.6 is 11.8 Å². The second-order valence-electron chi connectivity index (χ2n) is 6.96. The molecule has 1 fully saturated rings. The number of amides is 1. The molecule has 4 rings (SSSR count). The summed E-state index contributed by atoms with van der Waals surface area (Å²) in [5.41, 5.74) is 2.11. The fraction of sp³-hybridized carbons (Fsp3) is 0.318. The lowest BCUT2D eigenvalue weighted by molar-refractivity contribution is -0.119. The molecule has 1 aliphatic carbocycles. The van der Waals surface area contributed by atoms with Gasteiger partial charge in [-0.25, -0.2) is 9.97 Å². The Kier molecular flexibility index (Phi) is 5.68. The van der Waals surface area contributed by atoms with Crippen LogP contribution in [0.25, 0.3) is 10.9 Å². The van der Waals surface area contributed by atoms with Crippen molar-refractivity contribution in [2.75, 3.05) is 5.75 Å². The number of fused-ring (bicyclic) bond motifs is 1. The third-order valence-electron chi connectivity index (χ3n) is 4.88. The lowest BCUT2D eigenvalue weighted by atomic mass is 10.1. The highest BCUT2D eigenvalue weighted by Gasteiger charge is 2.18. The molecule has 0 unspecified atom stereocenters. The molecular formula is C22H23N3OS. The first kappa shape index (κ1) is 18.0. The summed E-state index contributed by atoms with van der Waals surface area (Å²) in [6.45, 7) is 0. The highest BCUT2D eigenvalue weighted by atomic mass is 32.2. The zero-order valence-electron chi connectivity index (χ0n) is 15.2. The Balaban J connectivity index is 1.52. The molecule has 1 N–H and O–H groups in total. The number of carbonyl (C=O) groups excluding carboxylic acids is 1. The van der Waals surface area contributed by atoms with Gasteiger partial charge in [0, 0.05) is 17.8 Å². The van der Waals surface area contributed by atoms with Crippen LogP contribution in [0.3, 0.4) is 0 Å². The lowest BCUT2D eigenvalue weighted by Gasteiger charge is -2.12. The summed E-state index contributed by atoms with van der Waals surface area (Å²) in [6, 6.07) is 18.6. The maximum atomic E-state index is 12.3. The molecule has 0 saturated heterocycles. The van der Waals surface area contributed by atoms with Gasteiger partial charge in [-0.3, -0.25) is 4.79 Å². The Hall–Kier alpha value is -2.40. The van der Waals surface area contributed by atoms with Gasteiger partial charge in [-0.2, -0.15) is 0 Å². The first-order chi connectivity index (χ1) is 13.3. The smallest absolute Gasteiger partial charge is 0.230 e. The topological polar surface area (TPSA) is 54.9 Å². The zero-order valence-corrected chi connectivity index (χ0v) is 16.0. The van der Waals surface area contributed by atoms with E-state index in [4.69, 9.17) is 9.97 Å². The molecule has 27 heavy (non-hydrogen) atoms. The van der Waals surface area contributed by atoms with Crippen molar-refractivity contribution in [1.29, 1.82) is 0 Å². The van der Waals surface area contributed by atoms with Gasteiger partial charge in [-0.15, -0.1) is 0 Å². The molecule has 1 heterocycles. The van der Waals surface area contributed by atoms with Crippen molar-refractivity contribution >= 4 is 28.6 Å². The number of nitrogens with zero attached hydrogens (tertiary/aromatic N) is 2. The summed E-state index contributed by atoms with van der Waals surface area (Å²) < 4.78 is 0. The van der Waals surface area contributed by atoms with E-state index in [1.165, 1.54) is 30.2 Å². The van der Waals surface area contributed by atoms with Gasteiger partial charge in [0.05, 0.1) is 11.3 Å². The molecule has 5 heteroatoms. The first-order valence-corrected chi connectivity index (χ1v) is 10.5. The summed E-state index contributed by atoms with van der Waals surface area (Å²) in [5, 5.41) is 5.04. The summed E-state index contributed by atoms with van der Waals surface area (Å²) in [4.78, 5) is 21.8. The number of aromatic nitrogens is 2. The molecule has 0 radical (unpaired) electrons. The van der Waals surface area contributed by atoms with Crippen molar-refractivity contribution < 1.29 is 4.79 Å². The van der Waals surface area contributed by atoms with E-state index in [0.717, 1.165) is 34.6 Å². The van der Waals surface area contributed by atoms with Crippen molar-refractivity contribution in [3.05, 3.63) is 66.0 Å². The molecule has 1 aliphatic rings. The van der Waals surface area contributed by atoms with Gasteiger partial charge >= 0.3 is 0 Å². The Morgan fingerprint density at radius 3 is 2.56 bits per heavy atom. The van der Waals surface area contributed by atoms with Gasteiger partial charge in [0.25, 0.3) is 0 Å². The van der Waals surface area contributed by atoms with Crippen molar-refractivity contribution in [2.45, 2.75) is 43.2 Å². The van der Waals surface area contributed by atoms with Gasteiger partial charge in [-0.05, 0) is 24.5 Å². The van der Waals surface area contributed by atoms with E-state index in [-0.39, 0.29) is 5.91 Å². The molecule has 0 aliphatic heterocycles. The minimum atomic E-state index is 0.0965. The molecule has 0 spiro atoms. The summed E-state index contributed by atoms with van der Waals surface area (Å²) in [5.74, 6) is 1.28. The summed E-state index contributed by atoms with van der Waals surface area (Å²) in [7, 11) is 0. The van der Waals surface area contributed by atoms with Crippen LogP contribution in [0.15, 0.2) is 59.6 Å². The molecule has 1 aromatic heterocycles. The van der Waals surface area contributed by atoms with Crippen LogP contribution in [0.2, 0.25) is 0 Å². The molecule has 1 saturated carbocycles. The molecule has 3 aromatic rings. The molecule has 1 amide bonds. The number of thioether (sulfide) groups is 1. The normalized spacial score (nSPS) is 14.5. The minimum Gasteiger partial charge on any atom is -0.353 e. The van der Waals surface area contributed by atoms with Crippen molar-refractivity contribution in [3.63, 3.8) is 0 Å². The number of para-hydroxylation sites is 1. The van der Waals surface area contributed by atoms with E-state index < -0.39 is 0 Å². The second-order valence-corrected chi connectivity index (χ2v) is 7.93. The number of rotatable bonds is 6. The van der Waals surface area contributed by atoms with Crippen LogP contribution in [0, 0.1) is 0 Å². The second kappa shape index (κ2) is 8.53. The van der Waals surface area contributed by atoms with E-state index in [9.17, 15) is 4.79 Å². The molecule has 2 aromatic carbocycles. The van der Waals surface area contributed by atoms with E-state index in [0.29, 0.717) is 18.2 Å². The average Bonchev–Trinajstić information content (AvgIpc) is 3.20. The molecule has 0 atom stereocenters. The van der Waals surface area contributed by atoms with Gasteiger partial charge < -0.3 is 5.32 Å². The first-order valence-electron chi connectivity index (χ1n) is 9.50. The van der Waals surface area contributed by atoms with Crippen LogP contribution in [0.1, 0.15) is 37.1 Å². The van der Waals surface area contributed by atoms with Crippen LogP contribution in [-0.2, 0) is 11.2 Å². The van der Waals surface area contributed by atoms with Crippen LogP contribution in [-0.4, -0.2) is 27.7 Å². The van der Waals surface area contributed by atoms with Crippen LogP contribution in [0.4, 0.5) is 0 Å². The van der Waals surface area contributed by atoms with Crippen LogP contribution < -0.4 is 5.32 Å². The largest absolute Gasteiger partial charge is 0.353 e. The fourth-order valence-electron chi connectivity index (χ4n) is 3.53. The van der Waals surface area contributed by atoms with Crippen molar-refractivity contribution in [1.82, 2.24) is 15.3 Å². The predicted molar refractivity (Wildman–Crippen MR) is 110 cm³/mol. The Morgan fingerprint density at radius 2 is 1.74 bits per heavy atom. The highest BCUT2D eigenvalue weighted by Crippen LogP contribution is 2.26. The Bertz CT molecular complexity index is 923. The zero-order chi connectivity index (χ0) is 18.5. The van der Waals surface area contributed by atoms with Gasteiger partial charge in [0.1, 0.15) is 10.9 Å². The lowest BCUT2D eigenvalue weighted by Crippen LogP contribution is -2.33. The average molecular weight is 378 g/mol. The quantitative estimate of drug-likeness (QED) is 0.512. The summed E-state index contributed by atoms with van der Waals surface area (Å²) in [6.07, 6.45) is 5.34. The number of nitrogens with one attached hydrogen (secondary N) is 1. The SMILES string of the molecule is O=C(CSc1nc(Cc2ccccc2)nc2ccccc12)NC1CCCC1. The third kappa shape index (κ3) is 4.66. The van der Waals surface area contributed by atoms with E-state index in [2.05, 4.69) is 17.4 Å². The van der Waals surface area contributed by atoms with Crippen LogP contribution in [0.5, 0.6) is 0 Å². The number of hydrogen-bond donors (Lipinski definition) is 1. The third-order valence-corrected chi connectivity index (χ3v) is 5.87. The highest BCUT2D eigenvalue weighted by molar-refractivity contribution is 8.00. The van der Waals surface area contributed by atoms with E-state index >= 15 is 0 Å². The van der Waals surface area contributed by atoms with E-state index in [1.54, 1.807) is 0 Å². The predicted octanol–water partition coefficient (Wildman–Crippen LogP) is 4.37. The maximum Gasteiger partial charge on any atom is 0.230 e.